The van der Waals surface area contributed by atoms with Crippen LogP contribution in [0.5, 0.6) is 5.75 Å². The van der Waals surface area contributed by atoms with Gasteiger partial charge in [-0.15, -0.1) is 11.3 Å². The standard InChI is InChI=1S/C16H15ClN2OS/c1-20-12-3-2-11-6-8-18-16(14(11)10-12)19-9-7-13-4-5-15(17)21-13/h2-6,8,10H,7,9H2,1H3,(H,18,19). The number of nitrogens with one attached hydrogen (secondary N) is 1. The topological polar surface area (TPSA) is 34.1 Å². The average molecular weight is 319 g/mol. The second-order valence-corrected chi connectivity index (χ2v) is 6.43. The van der Waals surface area contributed by atoms with Crippen LogP contribution in [0.25, 0.3) is 10.8 Å². The third-order valence-corrected chi connectivity index (χ3v) is 4.56. The molecule has 0 unspecified atom stereocenters. The fourth-order valence-electron chi connectivity index (χ4n) is 2.21. The lowest BCUT2D eigenvalue weighted by Gasteiger charge is -2.09. The number of hydrogen-bond acceptors (Lipinski definition) is 4. The van der Waals surface area contributed by atoms with Crippen LogP contribution in [0.1, 0.15) is 4.88 Å². The Morgan fingerprint density at radius 3 is 2.90 bits per heavy atom. The van der Waals surface area contributed by atoms with Crippen molar-refractivity contribution >= 4 is 39.5 Å². The van der Waals surface area contributed by atoms with Gasteiger partial charge in [-0.2, -0.15) is 0 Å². The van der Waals surface area contributed by atoms with Crippen molar-refractivity contribution in [1.29, 1.82) is 0 Å². The van der Waals surface area contributed by atoms with Crippen molar-refractivity contribution in [3.8, 4) is 5.75 Å². The molecule has 2 aromatic heterocycles. The van der Waals surface area contributed by atoms with E-state index >= 15 is 0 Å². The van der Waals surface area contributed by atoms with Gasteiger partial charge in [0.25, 0.3) is 0 Å². The van der Waals surface area contributed by atoms with Crippen LogP contribution in [0.15, 0.2) is 42.6 Å². The summed E-state index contributed by atoms with van der Waals surface area (Å²) in [4.78, 5) is 5.70. The van der Waals surface area contributed by atoms with Crippen molar-refractivity contribution in [3.63, 3.8) is 0 Å². The van der Waals surface area contributed by atoms with Crippen molar-refractivity contribution in [2.75, 3.05) is 19.0 Å². The van der Waals surface area contributed by atoms with E-state index in [0.29, 0.717) is 0 Å². The van der Waals surface area contributed by atoms with Gasteiger partial charge in [-0.05, 0) is 42.1 Å². The maximum atomic E-state index is 5.94. The van der Waals surface area contributed by atoms with Gasteiger partial charge in [0, 0.05) is 23.0 Å². The second kappa shape index (κ2) is 6.33. The number of hydrogen-bond donors (Lipinski definition) is 1. The highest BCUT2D eigenvalue weighted by molar-refractivity contribution is 7.16. The molecule has 3 rings (SSSR count). The van der Waals surface area contributed by atoms with Crippen LogP contribution in [0, 0.1) is 0 Å². The number of benzene rings is 1. The summed E-state index contributed by atoms with van der Waals surface area (Å²) in [6.07, 6.45) is 2.75. The molecule has 3 aromatic rings. The van der Waals surface area contributed by atoms with Gasteiger partial charge in [0.05, 0.1) is 11.4 Å². The van der Waals surface area contributed by atoms with E-state index in [1.54, 1.807) is 18.4 Å². The maximum Gasteiger partial charge on any atom is 0.133 e. The van der Waals surface area contributed by atoms with Crippen molar-refractivity contribution in [1.82, 2.24) is 4.98 Å². The van der Waals surface area contributed by atoms with Crippen molar-refractivity contribution in [3.05, 3.63) is 51.8 Å². The van der Waals surface area contributed by atoms with E-state index in [-0.39, 0.29) is 0 Å². The van der Waals surface area contributed by atoms with Crippen LogP contribution in [-0.4, -0.2) is 18.6 Å². The summed E-state index contributed by atoms with van der Waals surface area (Å²) in [6.45, 7) is 0.820. The van der Waals surface area contributed by atoms with Gasteiger partial charge < -0.3 is 10.1 Å². The number of rotatable bonds is 5. The van der Waals surface area contributed by atoms with E-state index in [2.05, 4.69) is 16.4 Å². The van der Waals surface area contributed by atoms with Gasteiger partial charge >= 0.3 is 0 Å². The molecule has 1 N–H and O–H groups in total. The molecule has 0 fully saturated rings. The van der Waals surface area contributed by atoms with Gasteiger partial charge in [-0.25, -0.2) is 4.98 Å². The lowest BCUT2D eigenvalue weighted by molar-refractivity contribution is 0.415. The highest BCUT2D eigenvalue weighted by atomic mass is 35.5. The van der Waals surface area contributed by atoms with E-state index in [9.17, 15) is 0 Å². The highest BCUT2D eigenvalue weighted by Gasteiger charge is 2.04. The Kier molecular flexibility index (Phi) is 4.27. The molecule has 0 atom stereocenters. The fourth-order valence-corrected chi connectivity index (χ4v) is 3.29. The lowest BCUT2D eigenvalue weighted by atomic mass is 10.1. The van der Waals surface area contributed by atoms with E-state index in [4.69, 9.17) is 16.3 Å². The number of pyridine rings is 1. The Balaban J connectivity index is 1.76. The Bertz CT molecular complexity index is 757. The molecule has 1 aromatic carbocycles. The van der Waals surface area contributed by atoms with Gasteiger partial charge in [0.2, 0.25) is 0 Å². The maximum absolute atomic E-state index is 5.94. The number of aromatic nitrogens is 1. The van der Waals surface area contributed by atoms with E-state index in [0.717, 1.165) is 39.6 Å². The number of nitrogens with zero attached hydrogens (tertiary/aromatic N) is 1. The molecule has 0 spiro atoms. The minimum Gasteiger partial charge on any atom is -0.497 e. The first-order valence-corrected chi connectivity index (χ1v) is 7.86. The van der Waals surface area contributed by atoms with Crippen LogP contribution in [0.3, 0.4) is 0 Å². The number of methoxy groups -OCH3 is 1. The van der Waals surface area contributed by atoms with Crippen molar-refractivity contribution < 1.29 is 4.74 Å². The van der Waals surface area contributed by atoms with Crippen LogP contribution in [0.4, 0.5) is 5.82 Å². The molecule has 2 heterocycles. The van der Waals surface area contributed by atoms with E-state index < -0.39 is 0 Å². The smallest absolute Gasteiger partial charge is 0.133 e. The third kappa shape index (κ3) is 3.28. The number of halogens is 1. The molecule has 108 valence electrons. The molecule has 0 radical (unpaired) electrons. The first-order valence-electron chi connectivity index (χ1n) is 6.67. The summed E-state index contributed by atoms with van der Waals surface area (Å²) >= 11 is 7.56. The van der Waals surface area contributed by atoms with Crippen LogP contribution in [-0.2, 0) is 6.42 Å². The summed E-state index contributed by atoms with van der Waals surface area (Å²) in [6, 6.07) is 12.0. The number of thiophene rings is 1. The highest BCUT2D eigenvalue weighted by Crippen LogP contribution is 2.26. The molecule has 0 bridgehead atoms. The minimum absolute atomic E-state index is 0.820. The van der Waals surface area contributed by atoms with Crippen LogP contribution in [0.2, 0.25) is 4.34 Å². The molecule has 5 heteroatoms. The summed E-state index contributed by atoms with van der Waals surface area (Å²) in [5.74, 6) is 1.72. The van der Waals surface area contributed by atoms with E-state index in [1.165, 1.54) is 4.88 Å². The zero-order valence-electron chi connectivity index (χ0n) is 11.6. The van der Waals surface area contributed by atoms with Gasteiger partial charge in [-0.1, -0.05) is 17.7 Å². The molecule has 0 saturated heterocycles. The molecular weight excluding hydrogens is 304 g/mol. The zero-order valence-corrected chi connectivity index (χ0v) is 13.2. The van der Waals surface area contributed by atoms with Gasteiger partial charge in [0.1, 0.15) is 11.6 Å². The Morgan fingerprint density at radius 1 is 1.24 bits per heavy atom. The van der Waals surface area contributed by atoms with Crippen molar-refractivity contribution in [2.45, 2.75) is 6.42 Å². The molecule has 0 aliphatic rings. The molecule has 0 saturated carbocycles. The Morgan fingerprint density at radius 2 is 2.14 bits per heavy atom. The van der Waals surface area contributed by atoms with Crippen molar-refractivity contribution in [2.24, 2.45) is 0 Å². The van der Waals surface area contributed by atoms with Gasteiger partial charge in [0.15, 0.2) is 0 Å². The summed E-state index contributed by atoms with van der Waals surface area (Å²) in [7, 11) is 1.67. The molecule has 3 nitrogen and oxygen atoms in total. The molecule has 0 aliphatic carbocycles. The number of anilines is 1. The molecule has 0 aliphatic heterocycles. The monoisotopic (exact) mass is 318 g/mol. The summed E-state index contributed by atoms with van der Waals surface area (Å²) < 4.78 is 6.12. The largest absolute Gasteiger partial charge is 0.497 e. The molecule has 21 heavy (non-hydrogen) atoms. The fraction of sp³-hybridized carbons (Fsp3) is 0.188. The van der Waals surface area contributed by atoms with Crippen LogP contribution < -0.4 is 10.1 Å². The molecular formula is C16H15ClN2OS. The van der Waals surface area contributed by atoms with Crippen LogP contribution >= 0.6 is 22.9 Å². The Labute approximate surface area is 132 Å². The number of ether oxygens (including phenoxy) is 1. The van der Waals surface area contributed by atoms with E-state index in [1.807, 2.05) is 36.5 Å². The zero-order chi connectivity index (χ0) is 14.7. The SMILES string of the molecule is COc1ccc2ccnc(NCCc3ccc(Cl)s3)c2c1. The van der Waals surface area contributed by atoms with Gasteiger partial charge in [-0.3, -0.25) is 0 Å². The minimum atomic E-state index is 0.820. The first-order chi connectivity index (χ1) is 10.3. The summed E-state index contributed by atoms with van der Waals surface area (Å²) in [5.41, 5.74) is 0. The average Bonchev–Trinajstić information content (AvgIpc) is 2.92. The Hall–Kier alpha value is -1.78. The number of fused-ring (bicyclic) bond motifs is 1. The predicted octanol–water partition coefficient (Wildman–Crippen LogP) is 4.61. The normalized spacial score (nSPS) is 10.8. The second-order valence-electron chi connectivity index (χ2n) is 4.63. The quantitative estimate of drug-likeness (QED) is 0.745. The molecule has 0 amide bonds. The lowest BCUT2D eigenvalue weighted by Crippen LogP contribution is -2.05. The third-order valence-electron chi connectivity index (χ3n) is 3.27. The first kappa shape index (κ1) is 14.2. The predicted molar refractivity (Wildman–Crippen MR) is 89.8 cm³/mol. The summed E-state index contributed by atoms with van der Waals surface area (Å²) in [5, 5.41) is 5.61.